The number of allylic oxidation sites excluding steroid dienone is 1. The molecule has 2 atom stereocenters. The predicted octanol–water partition coefficient (Wildman–Crippen LogP) is 3.45. The van der Waals surface area contributed by atoms with Crippen LogP contribution in [0.15, 0.2) is 47.1 Å². The number of aromatic nitrogens is 2. The summed E-state index contributed by atoms with van der Waals surface area (Å²) in [5, 5.41) is 0. The summed E-state index contributed by atoms with van der Waals surface area (Å²) in [5.41, 5.74) is 3.69. The molecule has 3 aliphatic heterocycles. The number of aromatic amines is 1. The summed E-state index contributed by atoms with van der Waals surface area (Å²) in [6.45, 7) is 13.3. The van der Waals surface area contributed by atoms with Gasteiger partial charge in [0.15, 0.2) is 0 Å². The smallest absolute Gasteiger partial charge is 0.338 e. The molecule has 0 saturated carbocycles. The SMILES string of the molecule is CC1=C(C(C)N2CCC(N(C)C)CC2)N2CC(C)(c3ncc[nH]3)C=C2C=C1C(=O)OC(C)C. The third kappa shape index (κ3) is 4.53. The van der Waals surface area contributed by atoms with E-state index in [4.69, 9.17) is 4.74 Å². The number of rotatable bonds is 6. The molecule has 1 N–H and O–H groups in total. The van der Waals surface area contributed by atoms with Crippen LogP contribution < -0.4 is 0 Å². The first-order valence-electron chi connectivity index (χ1n) is 12.1. The maximum Gasteiger partial charge on any atom is 0.338 e. The van der Waals surface area contributed by atoms with Crippen molar-refractivity contribution in [2.45, 2.75) is 71.1 Å². The number of ether oxygens (including phenoxy) is 1. The van der Waals surface area contributed by atoms with Gasteiger partial charge in [0.2, 0.25) is 0 Å². The van der Waals surface area contributed by atoms with Crippen LogP contribution in [0, 0.1) is 0 Å². The molecule has 7 heteroatoms. The van der Waals surface area contributed by atoms with Gasteiger partial charge in [-0.2, -0.15) is 0 Å². The van der Waals surface area contributed by atoms with Crippen LogP contribution in [-0.2, 0) is 14.9 Å². The van der Waals surface area contributed by atoms with Crippen LogP contribution in [0.25, 0.3) is 0 Å². The topological polar surface area (TPSA) is 64.7 Å². The number of carbonyl (C=O) groups is 1. The number of likely N-dealkylation sites (tertiary alicyclic amines) is 1. The van der Waals surface area contributed by atoms with Crippen molar-refractivity contribution in [3.8, 4) is 0 Å². The Morgan fingerprint density at radius 1 is 1.27 bits per heavy atom. The lowest BCUT2D eigenvalue weighted by Crippen LogP contribution is -2.49. The zero-order valence-corrected chi connectivity index (χ0v) is 21.2. The largest absolute Gasteiger partial charge is 0.459 e. The Labute approximate surface area is 198 Å². The maximum atomic E-state index is 13.1. The average Bonchev–Trinajstić information content (AvgIpc) is 3.41. The highest BCUT2D eigenvalue weighted by Crippen LogP contribution is 2.42. The molecule has 0 aliphatic carbocycles. The van der Waals surface area contributed by atoms with Crippen molar-refractivity contribution in [3.05, 3.63) is 52.9 Å². The van der Waals surface area contributed by atoms with Gasteiger partial charge in [0.25, 0.3) is 0 Å². The summed E-state index contributed by atoms with van der Waals surface area (Å²) >= 11 is 0. The number of fused-ring (bicyclic) bond motifs is 1. The Bertz CT molecular complexity index is 967. The minimum atomic E-state index is -0.254. The van der Waals surface area contributed by atoms with E-state index in [0.29, 0.717) is 11.6 Å². The average molecular weight is 454 g/mol. The highest BCUT2D eigenvalue weighted by atomic mass is 16.5. The molecule has 7 nitrogen and oxygen atoms in total. The van der Waals surface area contributed by atoms with Gasteiger partial charge in [0, 0.05) is 55.5 Å². The second-order valence-corrected chi connectivity index (χ2v) is 10.4. The second kappa shape index (κ2) is 9.11. The molecule has 0 radical (unpaired) electrons. The van der Waals surface area contributed by atoms with E-state index in [1.807, 2.05) is 26.1 Å². The van der Waals surface area contributed by atoms with Crippen LogP contribution in [0.1, 0.15) is 53.3 Å². The molecule has 4 heterocycles. The van der Waals surface area contributed by atoms with Crippen molar-refractivity contribution in [2.75, 3.05) is 33.7 Å². The molecule has 0 bridgehead atoms. The fourth-order valence-corrected chi connectivity index (χ4v) is 5.52. The van der Waals surface area contributed by atoms with Gasteiger partial charge in [-0.05, 0) is 79.3 Å². The molecule has 33 heavy (non-hydrogen) atoms. The first kappa shape index (κ1) is 23.8. The highest BCUT2D eigenvalue weighted by molar-refractivity contribution is 5.95. The molecule has 4 rings (SSSR count). The zero-order chi connectivity index (χ0) is 23.9. The number of esters is 1. The van der Waals surface area contributed by atoms with Crippen molar-refractivity contribution in [3.63, 3.8) is 0 Å². The van der Waals surface area contributed by atoms with Gasteiger partial charge >= 0.3 is 5.97 Å². The van der Waals surface area contributed by atoms with Gasteiger partial charge in [-0.15, -0.1) is 0 Å². The first-order chi connectivity index (χ1) is 15.6. The summed E-state index contributed by atoms with van der Waals surface area (Å²) in [6.07, 6.45) is 10.1. The third-order valence-corrected chi connectivity index (χ3v) is 7.41. The number of hydrogen-bond acceptors (Lipinski definition) is 6. The standard InChI is InChI=1S/C26H39N5O2/c1-17(2)33-24(32)22-14-21-15-26(5,25-27-10-11-28-25)16-31(21)23(18(22)3)19(4)30-12-8-20(9-13-30)29(6)7/h10-11,14-15,17,19-20H,8-9,12-13,16H2,1-7H3,(H,27,28). The van der Waals surface area contributed by atoms with E-state index in [2.05, 4.69) is 65.6 Å². The number of imidazole rings is 1. The van der Waals surface area contributed by atoms with E-state index in [9.17, 15) is 4.79 Å². The quantitative estimate of drug-likeness (QED) is 0.666. The minimum absolute atomic E-state index is 0.152. The summed E-state index contributed by atoms with van der Waals surface area (Å²) in [6, 6.07) is 0.835. The van der Waals surface area contributed by atoms with E-state index in [1.165, 1.54) is 5.70 Å². The van der Waals surface area contributed by atoms with Crippen LogP contribution in [-0.4, -0.2) is 82.6 Å². The molecule has 0 spiro atoms. The summed E-state index contributed by atoms with van der Waals surface area (Å²) in [4.78, 5) is 28.2. The van der Waals surface area contributed by atoms with E-state index in [1.54, 1.807) is 6.20 Å². The maximum absolute atomic E-state index is 13.1. The van der Waals surface area contributed by atoms with Gasteiger partial charge in [0.05, 0.1) is 17.1 Å². The van der Waals surface area contributed by atoms with Crippen LogP contribution in [0.2, 0.25) is 0 Å². The number of H-pyrrole nitrogens is 1. The minimum Gasteiger partial charge on any atom is -0.459 e. The molecular weight excluding hydrogens is 414 g/mol. The van der Waals surface area contributed by atoms with Gasteiger partial charge in [0.1, 0.15) is 5.82 Å². The molecule has 0 amide bonds. The monoisotopic (exact) mass is 453 g/mol. The van der Waals surface area contributed by atoms with Crippen molar-refractivity contribution in [1.29, 1.82) is 0 Å². The van der Waals surface area contributed by atoms with Crippen molar-refractivity contribution in [2.24, 2.45) is 0 Å². The van der Waals surface area contributed by atoms with Gasteiger partial charge < -0.3 is 19.5 Å². The lowest BCUT2D eigenvalue weighted by molar-refractivity contribution is -0.142. The second-order valence-electron chi connectivity index (χ2n) is 10.4. The molecule has 1 fully saturated rings. The fourth-order valence-electron chi connectivity index (χ4n) is 5.52. The normalized spacial score (nSPS) is 25.4. The van der Waals surface area contributed by atoms with E-state index in [0.717, 1.165) is 49.6 Å². The van der Waals surface area contributed by atoms with Crippen LogP contribution in [0.5, 0.6) is 0 Å². The molecule has 1 saturated heterocycles. The Balaban J connectivity index is 1.69. The van der Waals surface area contributed by atoms with E-state index >= 15 is 0 Å². The summed E-state index contributed by atoms with van der Waals surface area (Å²) in [7, 11) is 4.34. The van der Waals surface area contributed by atoms with Crippen molar-refractivity contribution >= 4 is 5.97 Å². The predicted molar refractivity (Wildman–Crippen MR) is 130 cm³/mol. The summed E-state index contributed by atoms with van der Waals surface area (Å²) in [5.74, 6) is 0.700. The lowest BCUT2D eigenvalue weighted by Gasteiger charge is -2.43. The van der Waals surface area contributed by atoms with E-state index in [-0.39, 0.29) is 23.5 Å². The molecular formula is C26H39N5O2. The fraction of sp³-hybridized carbons (Fsp3) is 0.615. The molecule has 180 valence electrons. The Morgan fingerprint density at radius 3 is 2.55 bits per heavy atom. The van der Waals surface area contributed by atoms with E-state index < -0.39 is 0 Å². The van der Waals surface area contributed by atoms with Crippen molar-refractivity contribution < 1.29 is 9.53 Å². The third-order valence-electron chi connectivity index (χ3n) is 7.41. The molecule has 1 aromatic rings. The van der Waals surface area contributed by atoms with Gasteiger partial charge in [-0.1, -0.05) is 0 Å². The Hall–Kier alpha value is -2.38. The van der Waals surface area contributed by atoms with Gasteiger partial charge in [-0.25, -0.2) is 9.78 Å². The Kier molecular flexibility index (Phi) is 6.56. The van der Waals surface area contributed by atoms with Crippen LogP contribution in [0.4, 0.5) is 0 Å². The van der Waals surface area contributed by atoms with Crippen LogP contribution in [0.3, 0.4) is 0 Å². The number of carbonyl (C=O) groups excluding carboxylic acids is 1. The number of piperidine rings is 1. The first-order valence-corrected chi connectivity index (χ1v) is 12.1. The molecule has 3 aliphatic rings. The van der Waals surface area contributed by atoms with Crippen molar-refractivity contribution in [1.82, 2.24) is 24.7 Å². The van der Waals surface area contributed by atoms with Crippen LogP contribution >= 0.6 is 0 Å². The zero-order valence-electron chi connectivity index (χ0n) is 21.2. The molecule has 0 aromatic carbocycles. The molecule has 1 aromatic heterocycles. The Morgan fingerprint density at radius 2 is 1.97 bits per heavy atom. The number of nitrogens with one attached hydrogen (secondary N) is 1. The highest BCUT2D eigenvalue weighted by Gasteiger charge is 2.43. The number of hydrogen-bond donors (Lipinski definition) is 1. The lowest BCUT2D eigenvalue weighted by atomic mass is 9.91. The molecule has 2 unspecified atom stereocenters. The summed E-state index contributed by atoms with van der Waals surface area (Å²) < 4.78 is 5.62. The van der Waals surface area contributed by atoms with Gasteiger partial charge in [-0.3, -0.25) is 4.90 Å². The number of nitrogens with zero attached hydrogens (tertiary/aromatic N) is 4.